The first-order chi connectivity index (χ1) is 12.9. The molecule has 0 nitrogen and oxygen atoms in total. The molecule has 0 aliphatic heterocycles. The van der Waals surface area contributed by atoms with E-state index >= 15 is 0 Å². The standard InChI is InChI=1S/C27H48/c1-18(2)21-16-14-19-10-6-8-12-22(19)25(21)26-23-13-9-7-11-20(23)15-17-24(26)27(3,4)5/h18-26H,6-17H2,1-5H3/t19?,20?,21?,22?,23?,24-,25?,26?/m1/s1. The minimum absolute atomic E-state index is 0.496. The third-order valence-electron chi connectivity index (χ3n) is 10.0. The van der Waals surface area contributed by atoms with Crippen molar-refractivity contribution in [3.05, 3.63) is 0 Å². The summed E-state index contributed by atoms with van der Waals surface area (Å²) in [5.41, 5.74) is 0.496. The first-order valence-corrected chi connectivity index (χ1v) is 12.9. The van der Waals surface area contributed by atoms with Gasteiger partial charge in [0.25, 0.3) is 0 Å². The Balaban J connectivity index is 1.72. The molecule has 0 bridgehead atoms. The van der Waals surface area contributed by atoms with Gasteiger partial charge in [-0.1, -0.05) is 73.1 Å². The van der Waals surface area contributed by atoms with Crippen LogP contribution in [0.3, 0.4) is 0 Å². The quantitative estimate of drug-likeness (QED) is 0.457. The summed E-state index contributed by atoms with van der Waals surface area (Å²) in [6, 6.07) is 0. The van der Waals surface area contributed by atoms with Gasteiger partial charge in [-0.3, -0.25) is 0 Å². The number of fused-ring (bicyclic) bond motifs is 2. The predicted octanol–water partition coefficient (Wildman–Crippen LogP) is 8.35. The van der Waals surface area contributed by atoms with E-state index in [9.17, 15) is 0 Å². The average Bonchev–Trinajstić information content (AvgIpc) is 2.65. The Morgan fingerprint density at radius 2 is 1.11 bits per heavy atom. The molecule has 8 atom stereocenters. The van der Waals surface area contributed by atoms with Crippen LogP contribution in [-0.4, -0.2) is 0 Å². The van der Waals surface area contributed by atoms with Crippen molar-refractivity contribution in [2.45, 2.75) is 112 Å². The van der Waals surface area contributed by atoms with E-state index in [0.717, 1.165) is 53.3 Å². The van der Waals surface area contributed by atoms with Gasteiger partial charge in [-0.15, -0.1) is 0 Å². The van der Waals surface area contributed by atoms with Gasteiger partial charge in [-0.05, 0) is 97.2 Å². The lowest BCUT2D eigenvalue weighted by molar-refractivity contribution is -0.102. The predicted molar refractivity (Wildman–Crippen MR) is 118 cm³/mol. The fourth-order valence-corrected chi connectivity index (χ4v) is 8.92. The molecule has 0 radical (unpaired) electrons. The fraction of sp³-hybridized carbons (Fsp3) is 1.00. The van der Waals surface area contributed by atoms with Gasteiger partial charge in [-0.2, -0.15) is 0 Å². The lowest BCUT2D eigenvalue weighted by atomic mass is 9.46. The first kappa shape index (κ1) is 20.3. The highest BCUT2D eigenvalue weighted by molar-refractivity contribution is 5.02. The number of rotatable bonds is 2. The van der Waals surface area contributed by atoms with Gasteiger partial charge in [0.2, 0.25) is 0 Å². The Labute approximate surface area is 170 Å². The van der Waals surface area contributed by atoms with Crippen molar-refractivity contribution in [2.75, 3.05) is 0 Å². The summed E-state index contributed by atoms with van der Waals surface area (Å²) in [5, 5.41) is 0. The Morgan fingerprint density at radius 3 is 1.67 bits per heavy atom. The number of hydrogen-bond acceptors (Lipinski definition) is 0. The lowest BCUT2D eigenvalue weighted by Crippen LogP contribution is -2.52. The molecule has 0 aromatic carbocycles. The van der Waals surface area contributed by atoms with Crippen molar-refractivity contribution >= 4 is 0 Å². The Bertz CT molecular complexity index is 483. The molecule has 4 aliphatic rings. The normalized spacial score (nSPS) is 46.0. The molecular weight excluding hydrogens is 324 g/mol. The minimum Gasteiger partial charge on any atom is -0.0625 e. The van der Waals surface area contributed by atoms with E-state index in [4.69, 9.17) is 0 Å². The maximum atomic E-state index is 2.58. The molecule has 27 heavy (non-hydrogen) atoms. The molecule has 0 N–H and O–H groups in total. The summed E-state index contributed by atoms with van der Waals surface area (Å²) in [5.74, 6) is 9.30. The molecule has 0 aromatic heterocycles. The van der Waals surface area contributed by atoms with E-state index in [1.54, 1.807) is 44.9 Å². The van der Waals surface area contributed by atoms with Crippen LogP contribution in [0.1, 0.15) is 112 Å². The Kier molecular flexibility index (Phi) is 6.03. The topological polar surface area (TPSA) is 0 Å². The van der Waals surface area contributed by atoms with Crippen molar-refractivity contribution in [2.24, 2.45) is 58.7 Å². The maximum Gasteiger partial charge on any atom is -0.0316 e. The summed E-state index contributed by atoms with van der Waals surface area (Å²) in [6.45, 7) is 12.9. The van der Waals surface area contributed by atoms with Gasteiger partial charge < -0.3 is 0 Å². The van der Waals surface area contributed by atoms with E-state index < -0.39 is 0 Å². The zero-order chi connectivity index (χ0) is 19.2. The van der Waals surface area contributed by atoms with Crippen molar-refractivity contribution in [1.29, 1.82) is 0 Å². The van der Waals surface area contributed by atoms with Crippen LogP contribution < -0.4 is 0 Å². The SMILES string of the molecule is CC(C)C1CCC2CCCCC2C1C1C2CCCCC2CC[C@H]1C(C)(C)C. The van der Waals surface area contributed by atoms with Crippen LogP contribution in [0.5, 0.6) is 0 Å². The van der Waals surface area contributed by atoms with E-state index in [0.29, 0.717) is 5.41 Å². The van der Waals surface area contributed by atoms with Crippen molar-refractivity contribution in [3.63, 3.8) is 0 Å². The summed E-state index contributed by atoms with van der Waals surface area (Å²) in [7, 11) is 0. The van der Waals surface area contributed by atoms with Crippen molar-refractivity contribution in [1.82, 2.24) is 0 Å². The molecule has 4 fully saturated rings. The third kappa shape index (κ3) is 3.90. The smallest absolute Gasteiger partial charge is 0.0316 e. The minimum atomic E-state index is 0.496. The highest BCUT2D eigenvalue weighted by Gasteiger charge is 2.53. The van der Waals surface area contributed by atoms with Crippen LogP contribution in [0, 0.1) is 58.7 Å². The van der Waals surface area contributed by atoms with E-state index in [-0.39, 0.29) is 0 Å². The van der Waals surface area contributed by atoms with E-state index in [1.807, 2.05) is 0 Å². The molecule has 0 amide bonds. The molecule has 4 saturated carbocycles. The summed E-state index contributed by atoms with van der Waals surface area (Å²) >= 11 is 0. The molecule has 4 rings (SSSR count). The van der Waals surface area contributed by atoms with Gasteiger partial charge in [0.05, 0.1) is 0 Å². The highest BCUT2D eigenvalue weighted by Crippen LogP contribution is 2.61. The molecule has 4 aliphatic carbocycles. The zero-order valence-electron chi connectivity index (χ0n) is 19.2. The van der Waals surface area contributed by atoms with E-state index in [1.165, 1.54) is 32.1 Å². The van der Waals surface area contributed by atoms with E-state index in [2.05, 4.69) is 34.6 Å². The summed E-state index contributed by atoms with van der Waals surface area (Å²) in [6.07, 6.45) is 18.6. The first-order valence-electron chi connectivity index (χ1n) is 12.9. The van der Waals surface area contributed by atoms with Crippen LogP contribution in [0.2, 0.25) is 0 Å². The van der Waals surface area contributed by atoms with Gasteiger partial charge in [-0.25, -0.2) is 0 Å². The molecule has 0 spiro atoms. The largest absolute Gasteiger partial charge is 0.0625 e. The molecule has 156 valence electrons. The summed E-state index contributed by atoms with van der Waals surface area (Å²) < 4.78 is 0. The molecule has 0 aromatic rings. The second-order valence-corrected chi connectivity index (χ2v) is 12.6. The lowest BCUT2D eigenvalue weighted by Gasteiger charge is -2.59. The van der Waals surface area contributed by atoms with Crippen LogP contribution >= 0.6 is 0 Å². The van der Waals surface area contributed by atoms with Gasteiger partial charge in [0.15, 0.2) is 0 Å². The molecule has 7 unspecified atom stereocenters. The van der Waals surface area contributed by atoms with Gasteiger partial charge in [0, 0.05) is 0 Å². The molecule has 0 heterocycles. The van der Waals surface area contributed by atoms with Crippen molar-refractivity contribution in [3.8, 4) is 0 Å². The molecular formula is C27H48. The van der Waals surface area contributed by atoms with Gasteiger partial charge in [0.1, 0.15) is 0 Å². The second-order valence-electron chi connectivity index (χ2n) is 12.6. The fourth-order valence-electron chi connectivity index (χ4n) is 8.92. The number of hydrogen-bond donors (Lipinski definition) is 0. The monoisotopic (exact) mass is 372 g/mol. The third-order valence-corrected chi connectivity index (χ3v) is 10.0. The zero-order valence-corrected chi connectivity index (χ0v) is 19.2. The average molecular weight is 373 g/mol. The van der Waals surface area contributed by atoms with Crippen LogP contribution in [0.4, 0.5) is 0 Å². The second kappa shape index (κ2) is 8.02. The summed E-state index contributed by atoms with van der Waals surface area (Å²) in [4.78, 5) is 0. The van der Waals surface area contributed by atoms with Crippen LogP contribution in [-0.2, 0) is 0 Å². The van der Waals surface area contributed by atoms with Crippen LogP contribution in [0.15, 0.2) is 0 Å². The van der Waals surface area contributed by atoms with Crippen LogP contribution in [0.25, 0.3) is 0 Å². The van der Waals surface area contributed by atoms with Crippen molar-refractivity contribution < 1.29 is 0 Å². The Morgan fingerprint density at radius 1 is 0.593 bits per heavy atom. The maximum absolute atomic E-state index is 2.58. The molecule has 0 heteroatoms. The van der Waals surface area contributed by atoms with Gasteiger partial charge >= 0.3 is 0 Å². The Hall–Kier alpha value is 0. The molecule has 0 saturated heterocycles. The highest BCUT2D eigenvalue weighted by atomic mass is 14.6.